The van der Waals surface area contributed by atoms with Crippen molar-refractivity contribution < 1.29 is 27.9 Å². The third-order valence-electron chi connectivity index (χ3n) is 3.20. The number of benzene rings is 2. The van der Waals surface area contributed by atoms with E-state index in [-0.39, 0.29) is 26.2 Å². The van der Waals surface area contributed by atoms with E-state index in [0.717, 1.165) is 0 Å². The summed E-state index contributed by atoms with van der Waals surface area (Å²) in [7, 11) is -4.08. The summed E-state index contributed by atoms with van der Waals surface area (Å²) in [5, 5.41) is 8.45. The molecule has 10 heteroatoms. The van der Waals surface area contributed by atoms with Crippen LogP contribution < -0.4 is 4.72 Å². The zero-order chi connectivity index (χ0) is 19.5. The van der Waals surface area contributed by atoms with Gasteiger partial charge in [-0.05, 0) is 24.3 Å². The molecule has 2 rings (SSSR count). The Labute approximate surface area is 158 Å². The Morgan fingerprint density at radius 3 is 2.35 bits per heavy atom. The summed E-state index contributed by atoms with van der Waals surface area (Å²) in [6.07, 6.45) is -0.828. The summed E-state index contributed by atoms with van der Waals surface area (Å²) in [5.74, 6) is -3.73. The molecule has 0 saturated carbocycles. The molecule has 0 atom stereocenters. The number of hydrogen-bond donors (Lipinski definition) is 2. The third kappa shape index (κ3) is 4.60. The molecule has 0 heterocycles. The molecule has 2 aromatic carbocycles. The summed E-state index contributed by atoms with van der Waals surface area (Å²) in [6, 6.07) is 9.40. The predicted molar refractivity (Wildman–Crippen MR) is 95.3 cm³/mol. The summed E-state index contributed by atoms with van der Waals surface area (Å²) < 4.78 is 27.2. The van der Waals surface area contributed by atoms with Crippen molar-refractivity contribution in [2.75, 3.05) is 4.72 Å². The summed E-state index contributed by atoms with van der Waals surface area (Å²) >= 11 is 11.7. The van der Waals surface area contributed by atoms with E-state index in [0.29, 0.717) is 0 Å². The monoisotopic (exact) mass is 415 g/mol. The van der Waals surface area contributed by atoms with Crippen molar-refractivity contribution in [3.8, 4) is 0 Å². The maximum Gasteiger partial charge on any atom is 0.372 e. The van der Waals surface area contributed by atoms with Gasteiger partial charge in [0.2, 0.25) is 5.78 Å². The van der Waals surface area contributed by atoms with Gasteiger partial charge in [-0.25, -0.2) is 13.2 Å². The van der Waals surface area contributed by atoms with Crippen molar-refractivity contribution in [1.82, 2.24) is 0 Å². The molecule has 0 saturated heterocycles. The molecule has 0 fully saturated rings. The van der Waals surface area contributed by atoms with Crippen LogP contribution in [0.2, 0.25) is 10.0 Å². The van der Waals surface area contributed by atoms with E-state index in [2.05, 4.69) is 4.72 Å². The van der Waals surface area contributed by atoms with E-state index >= 15 is 0 Å². The lowest BCUT2D eigenvalue weighted by Gasteiger charge is -2.11. The maximum atomic E-state index is 12.5. The Morgan fingerprint density at radius 1 is 1.04 bits per heavy atom. The Hall–Kier alpha value is -2.42. The van der Waals surface area contributed by atoms with Crippen LogP contribution in [0.15, 0.2) is 47.4 Å². The van der Waals surface area contributed by atoms with Crippen molar-refractivity contribution >= 4 is 56.4 Å². The molecule has 0 aliphatic carbocycles. The van der Waals surface area contributed by atoms with Crippen molar-refractivity contribution in [3.05, 3.63) is 58.1 Å². The minimum Gasteiger partial charge on any atom is -0.475 e. The summed E-state index contributed by atoms with van der Waals surface area (Å²) in [4.78, 5) is 33.4. The second-order valence-corrected chi connectivity index (χ2v) is 7.50. The highest BCUT2D eigenvalue weighted by Gasteiger charge is 2.21. The number of ketones is 2. The van der Waals surface area contributed by atoms with Crippen molar-refractivity contribution in [2.24, 2.45) is 0 Å². The average molecular weight is 416 g/mol. The molecule has 0 amide bonds. The first-order chi connectivity index (χ1) is 12.1. The van der Waals surface area contributed by atoms with Crippen LogP contribution in [0.25, 0.3) is 0 Å². The van der Waals surface area contributed by atoms with Gasteiger partial charge in [0.1, 0.15) is 4.90 Å². The SMILES string of the molecule is O=C(O)C(=O)CC(=O)c1cccc(NS(=O)(=O)c2cccc(Cl)c2Cl)c1. The number of rotatable bonds is 7. The smallest absolute Gasteiger partial charge is 0.372 e. The fraction of sp³-hybridized carbons (Fsp3) is 0.0625. The largest absolute Gasteiger partial charge is 0.475 e. The molecule has 136 valence electrons. The number of carboxylic acids is 1. The topological polar surface area (TPSA) is 118 Å². The molecule has 0 aliphatic heterocycles. The van der Waals surface area contributed by atoms with Gasteiger partial charge in [-0.1, -0.05) is 41.4 Å². The van der Waals surface area contributed by atoms with Gasteiger partial charge in [-0.3, -0.25) is 14.3 Å². The van der Waals surface area contributed by atoms with Gasteiger partial charge in [-0.2, -0.15) is 0 Å². The molecule has 26 heavy (non-hydrogen) atoms. The van der Waals surface area contributed by atoms with Gasteiger partial charge in [0.25, 0.3) is 10.0 Å². The zero-order valence-corrected chi connectivity index (χ0v) is 15.2. The molecule has 0 radical (unpaired) electrons. The van der Waals surface area contributed by atoms with Gasteiger partial charge in [-0.15, -0.1) is 0 Å². The van der Waals surface area contributed by atoms with Gasteiger partial charge in [0, 0.05) is 11.3 Å². The van der Waals surface area contributed by atoms with Gasteiger partial charge in [0.15, 0.2) is 5.78 Å². The van der Waals surface area contributed by atoms with Crippen LogP contribution in [0.4, 0.5) is 5.69 Å². The normalized spacial score (nSPS) is 11.0. The highest BCUT2D eigenvalue weighted by molar-refractivity contribution is 7.92. The van der Waals surface area contributed by atoms with E-state index in [1.54, 1.807) is 0 Å². The Morgan fingerprint density at radius 2 is 1.69 bits per heavy atom. The molecule has 7 nitrogen and oxygen atoms in total. The van der Waals surface area contributed by atoms with Crippen LogP contribution in [0.1, 0.15) is 16.8 Å². The van der Waals surface area contributed by atoms with Crippen molar-refractivity contribution in [2.45, 2.75) is 11.3 Å². The van der Waals surface area contributed by atoms with Gasteiger partial charge >= 0.3 is 5.97 Å². The first kappa shape index (κ1) is 19.9. The van der Waals surface area contributed by atoms with E-state index in [1.165, 1.54) is 42.5 Å². The quantitative estimate of drug-likeness (QED) is 0.407. The van der Waals surface area contributed by atoms with Crippen LogP contribution in [-0.4, -0.2) is 31.1 Å². The molecule has 2 N–H and O–H groups in total. The highest BCUT2D eigenvalue weighted by atomic mass is 35.5. The predicted octanol–water partition coefficient (Wildman–Crippen LogP) is 3.02. The van der Waals surface area contributed by atoms with E-state index < -0.39 is 34.0 Å². The molecule has 0 spiro atoms. The van der Waals surface area contributed by atoms with Crippen LogP contribution in [0, 0.1) is 0 Å². The number of carbonyl (C=O) groups is 3. The second kappa shape index (κ2) is 7.86. The van der Waals surface area contributed by atoms with Gasteiger partial charge < -0.3 is 5.11 Å². The van der Waals surface area contributed by atoms with Crippen LogP contribution in [-0.2, 0) is 19.6 Å². The number of carbonyl (C=O) groups excluding carboxylic acids is 2. The van der Waals surface area contributed by atoms with Gasteiger partial charge in [0.05, 0.1) is 16.5 Å². The van der Waals surface area contributed by atoms with Crippen LogP contribution in [0.3, 0.4) is 0 Å². The fourth-order valence-electron chi connectivity index (χ4n) is 1.98. The Bertz CT molecular complexity index is 1000. The Balaban J connectivity index is 2.28. The lowest BCUT2D eigenvalue weighted by Crippen LogP contribution is -2.17. The highest BCUT2D eigenvalue weighted by Crippen LogP contribution is 2.30. The lowest BCUT2D eigenvalue weighted by atomic mass is 10.1. The second-order valence-electron chi connectivity index (χ2n) is 5.07. The summed E-state index contributed by atoms with van der Waals surface area (Å²) in [5.41, 5.74) is 0.0201. The molecular formula is C16H11Cl2NO6S. The number of aliphatic carboxylic acids is 1. The van der Waals surface area contributed by atoms with E-state index in [1.807, 2.05) is 0 Å². The van der Waals surface area contributed by atoms with Crippen molar-refractivity contribution in [3.63, 3.8) is 0 Å². The Kier molecular flexibility index (Phi) is 6.01. The molecular weight excluding hydrogens is 405 g/mol. The van der Waals surface area contributed by atoms with E-state index in [4.69, 9.17) is 28.3 Å². The standard InChI is InChI=1S/C16H11Cl2NO6S/c17-11-5-2-6-14(15(11)18)26(24,25)19-10-4-1-3-9(7-10)12(20)8-13(21)16(22)23/h1-7,19H,8H2,(H,22,23). The third-order valence-corrected chi connectivity index (χ3v) is 5.56. The number of hydrogen-bond acceptors (Lipinski definition) is 5. The molecule has 0 bridgehead atoms. The van der Waals surface area contributed by atoms with E-state index in [9.17, 15) is 22.8 Å². The number of anilines is 1. The fourth-order valence-corrected chi connectivity index (χ4v) is 3.79. The van der Waals surface area contributed by atoms with Crippen LogP contribution in [0.5, 0.6) is 0 Å². The first-order valence-electron chi connectivity index (χ1n) is 6.98. The zero-order valence-electron chi connectivity index (χ0n) is 12.9. The molecule has 0 aliphatic rings. The minimum atomic E-state index is -4.08. The average Bonchev–Trinajstić information content (AvgIpc) is 2.56. The number of nitrogens with one attached hydrogen (secondary N) is 1. The molecule has 0 aromatic heterocycles. The van der Waals surface area contributed by atoms with Crippen LogP contribution >= 0.6 is 23.2 Å². The maximum absolute atomic E-state index is 12.5. The molecule has 0 unspecified atom stereocenters. The van der Waals surface area contributed by atoms with Crippen molar-refractivity contribution in [1.29, 1.82) is 0 Å². The lowest BCUT2D eigenvalue weighted by molar-refractivity contribution is -0.148. The number of carboxylic acid groups (broad SMARTS) is 1. The number of Topliss-reactive ketones (excluding diaryl/α,β-unsaturated/α-hetero) is 2. The molecule has 2 aromatic rings. The number of halogens is 2. The first-order valence-corrected chi connectivity index (χ1v) is 9.22. The minimum absolute atomic E-state index is 0.0167. The number of sulfonamides is 1. The summed E-state index contributed by atoms with van der Waals surface area (Å²) in [6.45, 7) is 0.